The number of hydrogen-bond acceptors (Lipinski definition) is 6. The summed E-state index contributed by atoms with van der Waals surface area (Å²) < 4.78 is 76.3. The Morgan fingerprint density at radius 2 is 1.65 bits per heavy atom. The number of aliphatic carboxylic acids is 1. The molecule has 0 spiro atoms. The molecule has 1 aliphatic heterocycles. The highest BCUT2D eigenvalue weighted by molar-refractivity contribution is 7.89. The summed E-state index contributed by atoms with van der Waals surface area (Å²) in [6, 6.07) is 8.20. The fourth-order valence-electron chi connectivity index (χ4n) is 3.96. The van der Waals surface area contributed by atoms with E-state index in [-0.39, 0.29) is 11.6 Å². The van der Waals surface area contributed by atoms with Gasteiger partial charge in [-0.1, -0.05) is 23.2 Å². The number of sulfonamides is 1. The van der Waals surface area contributed by atoms with Crippen LogP contribution in [0.15, 0.2) is 30.3 Å². The number of carbonyl (C=O) groups is 2. The van der Waals surface area contributed by atoms with Crippen LogP contribution < -0.4 is 9.46 Å². The van der Waals surface area contributed by atoms with E-state index in [2.05, 4.69) is 11.8 Å². The van der Waals surface area contributed by atoms with E-state index in [1.54, 1.807) is 17.7 Å². The molecule has 222 valence electrons. The molecule has 15 heteroatoms. The van der Waals surface area contributed by atoms with Gasteiger partial charge >= 0.3 is 12.1 Å². The van der Waals surface area contributed by atoms with Crippen LogP contribution in [-0.2, 0) is 14.8 Å². The number of carboxylic acids is 1. The predicted octanol–water partition coefficient (Wildman–Crippen LogP) is 5.62. The average Bonchev–Trinajstić information content (AvgIpc) is 2.82. The standard InChI is InChI=1S/C23H27Cl2FN2O4S.C2HF3O2/c1-14-8-20(23(29)27-33(3,30)31)21(26)12-22(14)32-13-16-4-6-28(7-5-16)15(2)17-9-18(24)11-19(25)10-17;3-2(4,5)1(6)7/h8-12,15-16H,4-7,13H2,1-3H3,(H,27,29);(H,6,7)/t15-;/m0./s1. The van der Waals surface area contributed by atoms with Gasteiger partial charge in [0, 0.05) is 22.2 Å². The molecule has 1 saturated heterocycles. The van der Waals surface area contributed by atoms with Crippen molar-refractivity contribution in [3.8, 4) is 5.75 Å². The second-order valence-electron chi connectivity index (χ2n) is 9.27. The fraction of sp³-hybridized carbons (Fsp3) is 0.440. The van der Waals surface area contributed by atoms with Crippen molar-refractivity contribution in [3.63, 3.8) is 0 Å². The van der Waals surface area contributed by atoms with Crippen molar-refractivity contribution in [2.75, 3.05) is 26.0 Å². The SMILES string of the molecule is Cc1cc(C(=O)NS(C)(=O)=O)c(F)cc1OCC1CCN([C@@H](C)c2cc(Cl)cc(Cl)c2)CC1.O=C(O)C(F)(F)F. The van der Waals surface area contributed by atoms with Crippen LogP contribution in [0.1, 0.15) is 47.3 Å². The number of likely N-dealkylation sites (tertiary alicyclic amines) is 1. The first-order chi connectivity index (χ1) is 18.4. The van der Waals surface area contributed by atoms with Gasteiger partial charge in [-0.3, -0.25) is 9.69 Å². The van der Waals surface area contributed by atoms with E-state index >= 15 is 0 Å². The number of nitrogens with zero attached hydrogens (tertiary/aromatic N) is 1. The second-order valence-corrected chi connectivity index (χ2v) is 11.9. The lowest BCUT2D eigenvalue weighted by atomic mass is 9.95. The van der Waals surface area contributed by atoms with Crippen LogP contribution in [0.3, 0.4) is 0 Å². The molecule has 1 aliphatic rings. The maximum Gasteiger partial charge on any atom is 0.490 e. The van der Waals surface area contributed by atoms with Crippen LogP contribution in [0.4, 0.5) is 17.6 Å². The minimum Gasteiger partial charge on any atom is -0.493 e. The summed E-state index contributed by atoms with van der Waals surface area (Å²) >= 11 is 12.3. The van der Waals surface area contributed by atoms with Gasteiger partial charge in [0.15, 0.2) is 0 Å². The molecule has 1 amide bonds. The molecule has 40 heavy (non-hydrogen) atoms. The lowest BCUT2D eigenvalue weighted by Gasteiger charge is -2.36. The van der Waals surface area contributed by atoms with Crippen molar-refractivity contribution in [2.45, 2.75) is 38.9 Å². The monoisotopic (exact) mass is 630 g/mol. The molecular weight excluding hydrogens is 603 g/mol. The summed E-state index contributed by atoms with van der Waals surface area (Å²) in [7, 11) is -3.78. The maximum atomic E-state index is 14.4. The minimum atomic E-state index is -5.08. The lowest BCUT2D eigenvalue weighted by molar-refractivity contribution is -0.192. The van der Waals surface area contributed by atoms with E-state index in [1.165, 1.54) is 6.07 Å². The van der Waals surface area contributed by atoms with Crippen molar-refractivity contribution in [2.24, 2.45) is 5.92 Å². The Bertz CT molecular complexity index is 1310. The third-order valence-corrected chi connectivity index (χ3v) is 7.06. The minimum absolute atomic E-state index is 0.185. The zero-order valence-electron chi connectivity index (χ0n) is 21.7. The zero-order valence-corrected chi connectivity index (χ0v) is 24.0. The Hall–Kier alpha value is -2.61. The number of amides is 1. The number of halogens is 6. The second kappa shape index (κ2) is 13.8. The van der Waals surface area contributed by atoms with Gasteiger partial charge in [0.05, 0.1) is 18.4 Å². The summed E-state index contributed by atoms with van der Waals surface area (Å²) in [5.41, 5.74) is 1.29. The summed E-state index contributed by atoms with van der Waals surface area (Å²) in [6.45, 7) is 6.02. The Morgan fingerprint density at radius 3 is 2.12 bits per heavy atom. The van der Waals surface area contributed by atoms with Crippen molar-refractivity contribution >= 4 is 45.1 Å². The molecule has 2 N–H and O–H groups in total. The number of hydrogen-bond donors (Lipinski definition) is 2. The first kappa shape index (κ1) is 33.6. The summed E-state index contributed by atoms with van der Waals surface area (Å²) in [5, 5.41) is 8.37. The molecule has 1 heterocycles. The van der Waals surface area contributed by atoms with Gasteiger partial charge in [-0.25, -0.2) is 22.3 Å². The average molecular weight is 631 g/mol. The third-order valence-electron chi connectivity index (χ3n) is 6.07. The molecule has 0 radical (unpaired) electrons. The van der Waals surface area contributed by atoms with E-state index in [0.29, 0.717) is 33.9 Å². The topological polar surface area (TPSA) is 113 Å². The maximum absolute atomic E-state index is 14.4. The van der Waals surface area contributed by atoms with Crippen LogP contribution in [0.2, 0.25) is 10.0 Å². The van der Waals surface area contributed by atoms with Crippen LogP contribution in [0, 0.1) is 18.7 Å². The Morgan fingerprint density at radius 1 is 1.12 bits per heavy atom. The number of ether oxygens (including phenoxy) is 1. The van der Waals surface area contributed by atoms with Gasteiger partial charge in [0.2, 0.25) is 10.0 Å². The zero-order chi connectivity index (χ0) is 30.4. The number of carboxylic acid groups (broad SMARTS) is 1. The number of carbonyl (C=O) groups excluding carboxylic acids is 1. The highest BCUT2D eigenvalue weighted by atomic mass is 35.5. The molecule has 2 aromatic rings. The van der Waals surface area contributed by atoms with Gasteiger partial charge in [0.1, 0.15) is 11.6 Å². The molecule has 1 fully saturated rings. The van der Waals surface area contributed by atoms with Gasteiger partial charge in [-0.15, -0.1) is 0 Å². The molecule has 8 nitrogen and oxygen atoms in total. The highest BCUT2D eigenvalue weighted by Gasteiger charge is 2.38. The molecule has 1 atom stereocenters. The molecule has 3 rings (SSSR count). The van der Waals surface area contributed by atoms with E-state index in [4.69, 9.17) is 37.8 Å². The number of alkyl halides is 3. The third kappa shape index (κ3) is 10.4. The Kier molecular flexibility index (Phi) is 11.6. The molecule has 0 aromatic heterocycles. The van der Waals surface area contributed by atoms with Gasteiger partial charge in [-0.2, -0.15) is 13.2 Å². The summed E-state index contributed by atoms with van der Waals surface area (Å²) in [5.74, 6) is -3.94. The van der Waals surface area contributed by atoms with Crippen molar-refractivity contribution in [1.82, 2.24) is 9.62 Å². The first-order valence-corrected chi connectivity index (χ1v) is 14.5. The van der Waals surface area contributed by atoms with Gasteiger partial charge < -0.3 is 9.84 Å². The van der Waals surface area contributed by atoms with E-state index in [9.17, 15) is 30.8 Å². The van der Waals surface area contributed by atoms with Crippen LogP contribution >= 0.6 is 23.2 Å². The molecule has 0 saturated carbocycles. The largest absolute Gasteiger partial charge is 0.493 e. The van der Waals surface area contributed by atoms with Crippen molar-refractivity contribution in [3.05, 3.63) is 62.9 Å². The normalized spacial score (nSPS) is 15.5. The van der Waals surface area contributed by atoms with Crippen LogP contribution in [-0.4, -0.2) is 62.4 Å². The van der Waals surface area contributed by atoms with Gasteiger partial charge in [-0.05, 0) is 81.1 Å². The number of piperidine rings is 1. The van der Waals surface area contributed by atoms with Crippen LogP contribution in [0.25, 0.3) is 0 Å². The van der Waals surface area contributed by atoms with Crippen molar-refractivity contribution in [1.29, 1.82) is 0 Å². The first-order valence-electron chi connectivity index (χ1n) is 11.8. The number of rotatable bonds is 7. The number of aryl methyl sites for hydroxylation is 1. The Labute approximate surface area is 239 Å². The highest BCUT2D eigenvalue weighted by Crippen LogP contribution is 2.31. The molecule has 0 unspecified atom stereocenters. The molecule has 2 aromatic carbocycles. The van der Waals surface area contributed by atoms with Gasteiger partial charge in [0.25, 0.3) is 5.91 Å². The number of benzene rings is 2. The predicted molar refractivity (Wildman–Crippen MR) is 142 cm³/mol. The van der Waals surface area contributed by atoms with E-state index in [0.717, 1.165) is 43.8 Å². The smallest absolute Gasteiger partial charge is 0.490 e. The quantitative estimate of drug-likeness (QED) is 0.382. The lowest BCUT2D eigenvalue weighted by Crippen LogP contribution is -2.37. The number of nitrogens with one attached hydrogen (secondary N) is 1. The molecular formula is C25H28Cl2F4N2O6S. The molecule has 0 bridgehead atoms. The summed E-state index contributed by atoms with van der Waals surface area (Å²) in [4.78, 5) is 23.3. The molecule has 0 aliphatic carbocycles. The Balaban J connectivity index is 0.000000708. The van der Waals surface area contributed by atoms with Crippen molar-refractivity contribution < 1.29 is 45.4 Å². The van der Waals surface area contributed by atoms with E-state index < -0.39 is 33.9 Å². The summed E-state index contributed by atoms with van der Waals surface area (Å²) in [6.07, 6.45) is -2.40. The van der Waals surface area contributed by atoms with E-state index in [1.807, 2.05) is 12.1 Å². The van der Waals surface area contributed by atoms with Crippen LogP contribution in [0.5, 0.6) is 5.75 Å². The fourth-order valence-corrected chi connectivity index (χ4v) is 4.95.